The van der Waals surface area contributed by atoms with Crippen LogP contribution in [0.2, 0.25) is 0 Å². The molecule has 0 bridgehead atoms. The van der Waals surface area contributed by atoms with Gasteiger partial charge in [0, 0.05) is 20.7 Å². The summed E-state index contributed by atoms with van der Waals surface area (Å²) in [5.41, 5.74) is 1.74. The Balaban J connectivity index is 2.54. The maximum Gasteiger partial charge on any atom is 0.352 e. The fourth-order valence-electron chi connectivity index (χ4n) is 1.45. The monoisotopic (exact) mass is 343 g/mol. The van der Waals surface area contributed by atoms with E-state index in [9.17, 15) is 4.79 Å². The number of aromatic carboxylic acids is 1. The molecule has 0 amide bonds. The van der Waals surface area contributed by atoms with E-state index >= 15 is 0 Å². The molecule has 0 spiro atoms. The van der Waals surface area contributed by atoms with E-state index in [1.54, 1.807) is 12.3 Å². The molecule has 2 N–H and O–H groups in total. The zero-order valence-electron chi connectivity index (χ0n) is 8.00. The molecule has 0 atom stereocenters. The number of hydrogen-bond donors (Lipinski definition) is 2. The van der Waals surface area contributed by atoms with Crippen molar-refractivity contribution in [1.29, 1.82) is 0 Å². The van der Waals surface area contributed by atoms with Crippen molar-refractivity contribution in [1.82, 2.24) is 4.98 Å². The Morgan fingerprint density at radius 3 is 2.56 bits per heavy atom. The lowest BCUT2D eigenvalue weighted by Gasteiger charge is -2.03. The number of carboxylic acids is 1. The molecule has 0 radical (unpaired) electrons. The highest BCUT2D eigenvalue weighted by molar-refractivity contribution is 9.13. The summed E-state index contributed by atoms with van der Waals surface area (Å²) < 4.78 is 1.83. The predicted octanol–water partition coefficient (Wildman–Crippen LogP) is 3.90. The maximum atomic E-state index is 11.0. The van der Waals surface area contributed by atoms with E-state index < -0.39 is 5.97 Å². The van der Waals surface area contributed by atoms with Gasteiger partial charge in [-0.15, -0.1) is 0 Å². The molecule has 0 fully saturated rings. The highest BCUT2D eigenvalue weighted by Gasteiger charge is 2.13. The largest absolute Gasteiger partial charge is 0.477 e. The van der Waals surface area contributed by atoms with Crippen LogP contribution in [0.4, 0.5) is 0 Å². The summed E-state index contributed by atoms with van der Waals surface area (Å²) >= 11 is 6.76. The summed E-state index contributed by atoms with van der Waals surface area (Å²) in [7, 11) is 0. The summed E-state index contributed by atoms with van der Waals surface area (Å²) in [6.07, 6.45) is 1.62. The molecule has 0 aliphatic carbocycles. The molecule has 0 aliphatic heterocycles. The molecule has 0 unspecified atom stereocenters. The smallest absolute Gasteiger partial charge is 0.352 e. The van der Waals surface area contributed by atoms with Gasteiger partial charge in [0.15, 0.2) is 0 Å². The van der Waals surface area contributed by atoms with Gasteiger partial charge in [-0.25, -0.2) is 4.79 Å². The SMILES string of the molecule is O=C(O)c1[nH]ccc1-c1ccc(Br)c(Br)c1. The average Bonchev–Trinajstić information content (AvgIpc) is 2.71. The molecule has 5 heteroatoms. The van der Waals surface area contributed by atoms with Crippen LogP contribution in [-0.4, -0.2) is 16.1 Å². The van der Waals surface area contributed by atoms with Gasteiger partial charge in [-0.3, -0.25) is 0 Å². The number of hydrogen-bond acceptors (Lipinski definition) is 1. The van der Waals surface area contributed by atoms with E-state index in [2.05, 4.69) is 36.8 Å². The van der Waals surface area contributed by atoms with Crippen LogP contribution in [0, 0.1) is 0 Å². The number of aromatic amines is 1. The van der Waals surface area contributed by atoms with Crippen molar-refractivity contribution < 1.29 is 9.90 Å². The van der Waals surface area contributed by atoms with Gasteiger partial charge in [-0.2, -0.15) is 0 Å². The molecule has 82 valence electrons. The van der Waals surface area contributed by atoms with Gasteiger partial charge in [0.1, 0.15) is 5.69 Å². The first-order chi connectivity index (χ1) is 7.59. The number of nitrogens with one attached hydrogen (secondary N) is 1. The Kier molecular flexibility index (Phi) is 3.16. The van der Waals surface area contributed by atoms with Gasteiger partial charge in [-0.05, 0) is 55.6 Å². The molecule has 2 rings (SSSR count). The van der Waals surface area contributed by atoms with Gasteiger partial charge in [0.2, 0.25) is 0 Å². The fourth-order valence-corrected chi connectivity index (χ4v) is 2.08. The molecule has 1 aromatic carbocycles. The van der Waals surface area contributed by atoms with Gasteiger partial charge in [-0.1, -0.05) is 6.07 Å². The van der Waals surface area contributed by atoms with Crippen LogP contribution in [0.15, 0.2) is 39.4 Å². The first-order valence-electron chi connectivity index (χ1n) is 4.45. The number of carboxylic acid groups (broad SMARTS) is 1. The first kappa shape index (κ1) is 11.4. The van der Waals surface area contributed by atoms with Crippen LogP contribution in [0.3, 0.4) is 0 Å². The summed E-state index contributed by atoms with van der Waals surface area (Å²) in [6, 6.07) is 7.36. The standard InChI is InChI=1S/C11H7Br2NO2/c12-8-2-1-6(5-9(8)13)7-3-4-14-10(7)11(15)16/h1-5,14H,(H,15,16). The second-order valence-electron chi connectivity index (χ2n) is 3.20. The van der Waals surface area contributed by atoms with Gasteiger partial charge < -0.3 is 10.1 Å². The van der Waals surface area contributed by atoms with Crippen molar-refractivity contribution in [3.63, 3.8) is 0 Å². The predicted molar refractivity (Wildman–Crippen MR) is 68.6 cm³/mol. The molecule has 3 nitrogen and oxygen atoms in total. The molecule has 1 heterocycles. The molecule has 16 heavy (non-hydrogen) atoms. The van der Waals surface area contributed by atoms with Crippen molar-refractivity contribution in [3.8, 4) is 11.1 Å². The Labute approximate surface area is 109 Å². The van der Waals surface area contributed by atoms with Crippen molar-refractivity contribution in [2.45, 2.75) is 0 Å². The second-order valence-corrected chi connectivity index (χ2v) is 4.91. The van der Waals surface area contributed by atoms with Gasteiger partial charge >= 0.3 is 5.97 Å². The van der Waals surface area contributed by atoms with Crippen LogP contribution >= 0.6 is 31.9 Å². The van der Waals surface area contributed by atoms with Crippen molar-refractivity contribution in [2.75, 3.05) is 0 Å². The summed E-state index contributed by atoms with van der Waals surface area (Å²) in [5, 5.41) is 8.99. The third-order valence-electron chi connectivity index (χ3n) is 2.19. The lowest BCUT2D eigenvalue weighted by Crippen LogP contribution is -1.98. The number of aromatic nitrogens is 1. The van der Waals surface area contributed by atoms with Crippen LogP contribution < -0.4 is 0 Å². The molecule has 0 saturated carbocycles. The van der Waals surface area contributed by atoms with Crippen molar-refractivity contribution in [3.05, 3.63) is 45.1 Å². The van der Waals surface area contributed by atoms with Crippen molar-refractivity contribution >= 4 is 37.8 Å². The Morgan fingerprint density at radius 2 is 1.94 bits per heavy atom. The zero-order chi connectivity index (χ0) is 11.7. The van der Waals surface area contributed by atoms with E-state index in [-0.39, 0.29) is 5.69 Å². The topological polar surface area (TPSA) is 53.1 Å². The minimum Gasteiger partial charge on any atom is -0.477 e. The molecular formula is C11H7Br2NO2. The van der Waals surface area contributed by atoms with E-state index in [1.165, 1.54) is 0 Å². The van der Waals surface area contributed by atoms with Crippen molar-refractivity contribution in [2.24, 2.45) is 0 Å². The minimum absolute atomic E-state index is 0.203. The number of rotatable bonds is 2. The Hall–Kier alpha value is -1.07. The van der Waals surface area contributed by atoms with Crippen LogP contribution in [0.25, 0.3) is 11.1 Å². The number of benzene rings is 1. The first-order valence-corrected chi connectivity index (χ1v) is 6.04. The third kappa shape index (κ3) is 2.05. The number of H-pyrrole nitrogens is 1. The zero-order valence-corrected chi connectivity index (χ0v) is 11.2. The van der Waals surface area contributed by atoms with E-state index in [1.807, 2.05) is 18.2 Å². The van der Waals surface area contributed by atoms with Crippen LogP contribution in [-0.2, 0) is 0 Å². The Morgan fingerprint density at radius 1 is 1.19 bits per heavy atom. The molecule has 1 aromatic heterocycles. The lowest BCUT2D eigenvalue weighted by molar-refractivity contribution is 0.0692. The maximum absolute atomic E-state index is 11.0. The fraction of sp³-hybridized carbons (Fsp3) is 0. The van der Waals surface area contributed by atoms with Crippen LogP contribution in [0.5, 0.6) is 0 Å². The molecule has 2 aromatic rings. The van der Waals surface area contributed by atoms with E-state index in [0.717, 1.165) is 14.5 Å². The molecule has 0 aliphatic rings. The highest BCUT2D eigenvalue weighted by atomic mass is 79.9. The summed E-state index contributed by atoms with van der Waals surface area (Å²) in [4.78, 5) is 13.7. The second kappa shape index (κ2) is 4.43. The normalized spacial score (nSPS) is 10.4. The summed E-state index contributed by atoms with van der Waals surface area (Å²) in [6.45, 7) is 0. The third-order valence-corrected chi connectivity index (χ3v) is 4.07. The molecule has 0 saturated heterocycles. The number of carbonyl (C=O) groups is 1. The summed E-state index contributed by atoms with van der Waals surface area (Å²) in [5.74, 6) is -0.959. The minimum atomic E-state index is -0.959. The van der Waals surface area contributed by atoms with Gasteiger partial charge in [0.25, 0.3) is 0 Å². The van der Waals surface area contributed by atoms with E-state index in [0.29, 0.717) is 5.56 Å². The van der Waals surface area contributed by atoms with E-state index in [4.69, 9.17) is 5.11 Å². The molecular weight excluding hydrogens is 338 g/mol. The lowest BCUT2D eigenvalue weighted by atomic mass is 10.1. The average molecular weight is 345 g/mol. The van der Waals surface area contributed by atoms with Gasteiger partial charge in [0.05, 0.1) is 0 Å². The highest BCUT2D eigenvalue weighted by Crippen LogP contribution is 2.30. The van der Waals surface area contributed by atoms with Crippen LogP contribution in [0.1, 0.15) is 10.5 Å². The quantitative estimate of drug-likeness (QED) is 0.867. The number of halogens is 2. The Bertz CT molecular complexity index is 549.